The van der Waals surface area contributed by atoms with Gasteiger partial charge in [-0.15, -0.1) is 0 Å². The Morgan fingerprint density at radius 1 is 1.24 bits per heavy atom. The molecule has 1 aliphatic rings. The summed E-state index contributed by atoms with van der Waals surface area (Å²) in [5.74, 6) is -1.25. The highest BCUT2D eigenvalue weighted by atomic mass is 35.5. The Morgan fingerprint density at radius 3 is 2.71 bits per heavy atom. The zero-order valence-corrected chi connectivity index (χ0v) is 11.6. The van der Waals surface area contributed by atoms with Crippen LogP contribution in [0, 0.1) is 0 Å². The van der Waals surface area contributed by atoms with E-state index < -0.39 is 5.97 Å². The number of carbonyl (C=O) groups excluding carboxylic acids is 1. The van der Waals surface area contributed by atoms with E-state index in [1.54, 1.807) is 41.3 Å². The number of carboxylic acids is 1. The van der Waals surface area contributed by atoms with Gasteiger partial charge in [0.1, 0.15) is 6.54 Å². The number of benzene rings is 2. The van der Waals surface area contributed by atoms with Crippen molar-refractivity contribution in [2.75, 3.05) is 16.8 Å². The van der Waals surface area contributed by atoms with Crippen LogP contribution in [0.3, 0.4) is 0 Å². The average Bonchev–Trinajstić information content (AvgIpc) is 2.45. The van der Waals surface area contributed by atoms with Gasteiger partial charge in [-0.1, -0.05) is 23.7 Å². The summed E-state index contributed by atoms with van der Waals surface area (Å²) in [6, 6.07) is 11.7. The SMILES string of the molecule is O=C1CN(c2cccc(Cl)c2)c2c(cccc2C(=O)O)N1. The molecule has 2 N–H and O–H groups in total. The van der Waals surface area contributed by atoms with Crippen molar-refractivity contribution >= 4 is 40.5 Å². The molecule has 6 heteroatoms. The van der Waals surface area contributed by atoms with Gasteiger partial charge in [0.2, 0.25) is 5.91 Å². The molecule has 2 aromatic rings. The lowest BCUT2D eigenvalue weighted by molar-refractivity contribution is -0.115. The number of halogens is 1. The van der Waals surface area contributed by atoms with E-state index in [-0.39, 0.29) is 18.0 Å². The molecule has 0 atom stereocenters. The topological polar surface area (TPSA) is 69.6 Å². The van der Waals surface area contributed by atoms with Gasteiger partial charge < -0.3 is 15.3 Å². The molecule has 106 valence electrons. The van der Waals surface area contributed by atoms with E-state index in [1.807, 2.05) is 0 Å². The van der Waals surface area contributed by atoms with Crippen LogP contribution in [0.25, 0.3) is 0 Å². The van der Waals surface area contributed by atoms with E-state index in [1.165, 1.54) is 6.07 Å². The van der Waals surface area contributed by atoms with Crippen LogP contribution in [0.15, 0.2) is 42.5 Å². The number of carbonyl (C=O) groups is 2. The fraction of sp³-hybridized carbons (Fsp3) is 0.0667. The maximum atomic E-state index is 11.8. The lowest BCUT2D eigenvalue weighted by atomic mass is 10.1. The molecule has 0 fully saturated rings. The Bertz CT molecular complexity index is 745. The maximum Gasteiger partial charge on any atom is 0.337 e. The normalized spacial score (nSPS) is 13.6. The third-order valence-electron chi connectivity index (χ3n) is 3.23. The van der Waals surface area contributed by atoms with E-state index in [4.69, 9.17) is 11.6 Å². The van der Waals surface area contributed by atoms with Crippen molar-refractivity contribution in [2.24, 2.45) is 0 Å². The number of fused-ring (bicyclic) bond motifs is 1. The molecule has 3 rings (SSSR count). The van der Waals surface area contributed by atoms with E-state index in [0.29, 0.717) is 22.1 Å². The molecule has 1 heterocycles. The van der Waals surface area contributed by atoms with E-state index >= 15 is 0 Å². The minimum Gasteiger partial charge on any atom is -0.478 e. The van der Waals surface area contributed by atoms with Gasteiger partial charge >= 0.3 is 5.97 Å². The second kappa shape index (κ2) is 5.10. The van der Waals surface area contributed by atoms with Crippen LogP contribution in [0.1, 0.15) is 10.4 Å². The molecule has 5 nitrogen and oxygen atoms in total. The van der Waals surface area contributed by atoms with Crippen molar-refractivity contribution < 1.29 is 14.7 Å². The highest BCUT2D eigenvalue weighted by Gasteiger charge is 2.28. The second-order valence-electron chi connectivity index (χ2n) is 4.62. The van der Waals surface area contributed by atoms with Crippen LogP contribution in [0.5, 0.6) is 0 Å². The molecule has 0 aromatic heterocycles. The number of rotatable bonds is 2. The third kappa shape index (κ3) is 2.43. The van der Waals surface area contributed by atoms with Gasteiger partial charge in [0.05, 0.1) is 16.9 Å². The molecule has 0 saturated heterocycles. The summed E-state index contributed by atoms with van der Waals surface area (Å²) in [6.45, 7) is 0.0393. The number of hydrogen-bond acceptors (Lipinski definition) is 3. The summed E-state index contributed by atoms with van der Waals surface area (Å²) in [6.07, 6.45) is 0. The number of aromatic carboxylic acids is 1. The van der Waals surface area contributed by atoms with Gasteiger partial charge in [-0.3, -0.25) is 4.79 Å². The van der Waals surface area contributed by atoms with Crippen molar-refractivity contribution in [3.63, 3.8) is 0 Å². The summed E-state index contributed by atoms with van der Waals surface area (Å²) >= 11 is 5.99. The summed E-state index contributed by atoms with van der Waals surface area (Å²) in [5.41, 5.74) is 1.75. The van der Waals surface area contributed by atoms with Crippen molar-refractivity contribution in [2.45, 2.75) is 0 Å². The van der Waals surface area contributed by atoms with Crippen LogP contribution in [0.2, 0.25) is 5.02 Å². The van der Waals surface area contributed by atoms with Gasteiger partial charge in [-0.2, -0.15) is 0 Å². The molecule has 2 aromatic carbocycles. The zero-order valence-electron chi connectivity index (χ0n) is 10.8. The number of nitrogens with one attached hydrogen (secondary N) is 1. The predicted molar refractivity (Wildman–Crippen MR) is 80.5 cm³/mol. The molecular weight excluding hydrogens is 292 g/mol. The predicted octanol–water partition coefficient (Wildman–Crippen LogP) is 3.13. The highest BCUT2D eigenvalue weighted by Crippen LogP contribution is 2.38. The first-order valence-electron chi connectivity index (χ1n) is 6.25. The molecule has 21 heavy (non-hydrogen) atoms. The zero-order chi connectivity index (χ0) is 15.0. The largest absolute Gasteiger partial charge is 0.478 e. The monoisotopic (exact) mass is 302 g/mol. The quantitative estimate of drug-likeness (QED) is 0.894. The van der Waals surface area contributed by atoms with Crippen LogP contribution in [0.4, 0.5) is 17.1 Å². The van der Waals surface area contributed by atoms with Gasteiger partial charge in [0, 0.05) is 10.7 Å². The van der Waals surface area contributed by atoms with Gasteiger partial charge in [-0.05, 0) is 30.3 Å². The molecule has 0 spiro atoms. The van der Waals surface area contributed by atoms with Crippen molar-refractivity contribution in [1.82, 2.24) is 0 Å². The smallest absolute Gasteiger partial charge is 0.337 e. The lowest BCUT2D eigenvalue weighted by Gasteiger charge is -2.32. The highest BCUT2D eigenvalue weighted by molar-refractivity contribution is 6.30. The molecule has 1 amide bonds. The average molecular weight is 303 g/mol. The number of nitrogens with zero attached hydrogens (tertiary/aromatic N) is 1. The first-order chi connectivity index (χ1) is 10.1. The van der Waals surface area contributed by atoms with Gasteiger partial charge in [0.15, 0.2) is 0 Å². The summed E-state index contributed by atoms with van der Waals surface area (Å²) < 4.78 is 0. The van der Waals surface area contributed by atoms with Crippen LogP contribution < -0.4 is 10.2 Å². The maximum absolute atomic E-state index is 11.8. The standard InChI is InChI=1S/C15H11ClN2O3/c16-9-3-1-4-10(7-9)18-8-13(19)17-12-6-2-5-11(14(12)18)15(20)21/h1-7H,8H2,(H,17,19)(H,20,21). The molecule has 0 bridgehead atoms. The van der Waals surface area contributed by atoms with Crippen molar-refractivity contribution in [3.8, 4) is 0 Å². The molecule has 0 radical (unpaired) electrons. The fourth-order valence-electron chi connectivity index (χ4n) is 2.38. The number of para-hydroxylation sites is 1. The molecule has 0 aliphatic carbocycles. The second-order valence-corrected chi connectivity index (χ2v) is 5.06. The minimum atomic E-state index is -1.05. The van der Waals surface area contributed by atoms with E-state index in [2.05, 4.69) is 5.32 Å². The summed E-state index contributed by atoms with van der Waals surface area (Å²) in [5, 5.41) is 12.6. The van der Waals surface area contributed by atoms with Crippen molar-refractivity contribution in [3.05, 3.63) is 53.1 Å². The Labute approximate surface area is 125 Å². The van der Waals surface area contributed by atoms with E-state index in [0.717, 1.165) is 0 Å². The first kappa shape index (κ1) is 13.5. The van der Waals surface area contributed by atoms with E-state index in [9.17, 15) is 14.7 Å². The number of carboxylic acid groups (broad SMARTS) is 1. The minimum absolute atomic E-state index is 0.0393. The number of hydrogen-bond donors (Lipinski definition) is 2. The Balaban J connectivity index is 2.20. The fourth-order valence-corrected chi connectivity index (χ4v) is 2.57. The van der Waals surface area contributed by atoms with Crippen LogP contribution >= 0.6 is 11.6 Å². The molecule has 0 saturated carbocycles. The Hall–Kier alpha value is -2.53. The van der Waals surface area contributed by atoms with Crippen LogP contribution in [-0.2, 0) is 4.79 Å². The molecule has 0 unspecified atom stereocenters. The first-order valence-corrected chi connectivity index (χ1v) is 6.63. The number of anilines is 3. The molecule has 1 aliphatic heterocycles. The van der Waals surface area contributed by atoms with Crippen molar-refractivity contribution in [1.29, 1.82) is 0 Å². The summed E-state index contributed by atoms with van der Waals surface area (Å²) in [4.78, 5) is 24.9. The third-order valence-corrected chi connectivity index (χ3v) is 3.47. The Kier molecular flexibility index (Phi) is 3.27. The summed E-state index contributed by atoms with van der Waals surface area (Å²) in [7, 11) is 0. The molecular formula is C15H11ClN2O3. The van der Waals surface area contributed by atoms with Gasteiger partial charge in [-0.25, -0.2) is 4.79 Å². The number of amides is 1. The Morgan fingerprint density at radius 2 is 2.00 bits per heavy atom. The van der Waals surface area contributed by atoms with Gasteiger partial charge in [0.25, 0.3) is 0 Å². The van der Waals surface area contributed by atoms with Crippen LogP contribution in [-0.4, -0.2) is 23.5 Å². The lowest BCUT2D eigenvalue weighted by Crippen LogP contribution is -2.36.